The maximum absolute atomic E-state index is 11.4. The minimum atomic E-state index is -0.575. The van der Waals surface area contributed by atoms with E-state index in [0.717, 1.165) is 54.7 Å². The Balaban J connectivity index is 0.989. The highest BCUT2D eigenvalue weighted by molar-refractivity contribution is 6.14. The number of hydrogen-bond donors (Lipinski definition) is 0. The van der Waals surface area contributed by atoms with E-state index >= 15 is 0 Å². The summed E-state index contributed by atoms with van der Waals surface area (Å²) in [5.74, 6) is 0. The largest absolute Gasteiger partial charge is 0.308 e. The Morgan fingerprint density at radius 2 is 0.595 bits per heavy atom. The highest BCUT2D eigenvalue weighted by Crippen LogP contribution is 2.59. The van der Waals surface area contributed by atoms with Crippen LogP contribution in [0.2, 0.25) is 0 Å². The zero-order valence-corrected chi connectivity index (χ0v) is 40.0. The predicted octanol–water partition coefficient (Wildman–Crippen LogP) is 16.4. The van der Waals surface area contributed by atoms with Crippen molar-refractivity contribution in [2.24, 2.45) is 0 Å². The Morgan fingerprint density at radius 3 is 0.959 bits per heavy atom. The first-order valence-electron chi connectivity index (χ1n) is 25.2. The number of benzene rings is 11. The third-order valence-electron chi connectivity index (χ3n) is 16.3. The summed E-state index contributed by atoms with van der Waals surface area (Å²) in [6.45, 7) is 0. The first-order valence-corrected chi connectivity index (χ1v) is 25.2. The number of rotatable bonds is 6. The van der Waals surface area contributed by atoms with Crippen LogP contribution in [0.1, 0.15) is 55.6 Å². The van der Waals surface area contributed by atoms with Crippen molar-refractivity contribution in [2.45, 2.75) is 10.8 Å². The molecule has 342 valence electrons. The maximum Gasteiger partial charge on any atom is 0.101 e. The molecule has 0 saturated heterocycles. The van der Waals surface area contributed by atoms with E-state index in [-0.39, 0.29) is 0 Å². The molecule has 0 fully saturated rings. The van der Waals surface area contributed by atoms with E-state index in [0.29, 0.717) is 22.5 Å². The minimum absolute atomic E-state index is 0.468. The van der Waals surface area contributed by atoms with Gasteiger partial charge < -0.3 is 9.13 Å². The zero-order valence-electron chi connectivity index (χ0n) is 40.0. The molecule has 2 heterocycles. The van der Waals surface area contributed by atoms with Crippen molar-refractivity contribution in [2.75, 3.05) is 0 Å². The van der Waals surface area contributed by atoms with Crippen LogP contribution in [0.25, 0.3) is 77.2 Å². The molecule has 0 aliphatic heterocycles. The van der Waals surface area contributed by atoms with E-state index in [2.05, 4.69) is 264 Å². The molecule has 15 rings (SSSR count). The van der Waals surface area contributed by atoms with Crippen LogP contribution in [-0.4, -0.2) is 9.13 Å². The van der Waals surface area contributed by atoms with Crippen molar-refractivity contribution in [3.05, 3.63) is 310 Å². The van der Waals surface area contributed by atoms with Crippen molar-refractivity contribution in [1.29, 1.82) is 10.5 Å². The quantitative estimate of drug-likeness (QED) is 0.167. The SMILES string of the molecule is N#Cc1cc(-n2c3ccccc3c3cc4c(cc32)-c2ccccc2C4(c2ccccc2)c2ccccc2)c(C#N)cc1-n1c2ccccc2c2cc3c(cc21)-c1ccccc1C3(c1ccccc1)c1ccccc1. The Morgan fingerprint density at radius 1 is 0.270 bits per heavy atom. The van der Waals surface area contributed by atoms with E-state index < -0.39 is 10.8 Å². The Hall–Kier alpha value is -10.0. The molecule has 13 aromatic rings. The molecule has 0 radical (unpaired) electrons. The van der Waals surface area contributed by atoms with Crippen LogP contribution >= 0.6 is 0 Å². The second kappa shape index (κ2) is 15.7. The fraction of sp³-hybridized carbons (Fsp3) is 0.0286. The van der Waals surface area contributed by atoms with Crippen molar-refractivity contribution in [3.8, 4) is 45.8 Å². The number of aromatic nitrogens is 2. The minimum Gasteiger partial charge on any atom is -0.308 e. The smallest absolute Gasteiger partial charge is 0.101 e. The molecule has 11 aromatic carbocycles. The van der Waals surface area contributed by atoms with Crippen molar-refractivity contribution < 1.29 is 0 Å². The van der Waals surface area contributed by atoms with Gasteiger partial charge in [-0.3, -0.25) is 0 Å². The molecular formula is C70H42N4. The predicted molar refractivity (Wildman–Crippen MR) is 299 cm³/mol. The van der Waals surface area contributed by atoms with Crippen molar-refractivity contribution >= 4 is 43.6 Å². The summed E-state index contributed by atoms with van der Waals surface area (Å²) < 4.78 is 4.43. The normalized spacial score (nSPS) is 13.6. The number of para-hydroxylation sites is 2. The van der Waals surface area contributed by atoms with Gasteiger partial charge in [0.05, 0.1) is 55.4 Å². The van der Waals surface area contributed by atoms with Crippen LogP contribution in [0.15, 0.2) is 255 Å². The average Bonchev–Trinajstić information content (AvgIpc) is 4.27. The van der Waals surface area contributed by atoms with Crippen LogP contribution in [-0.2, 0) is 10.8 Å². The molecule has 2 aliphatic carbocycles. The summed E-state index contributed by atoms with van der Waals surface area (Å²) in [5, 5.41) is 27.2. The molecule has 0 saturated carbocycles. The average molecular weight is 939 g/mol. The molecule has 0 unspecified atom stereocenters. The number of nitrogens with zero attached hydrogens (tertiary/aromatic N) is 4. The fourth-order valence-electron chi connectivity index (χ4n) is 13.5. The fourth-order valence-corrected chi connectivity index (χ4v) is 13.5. The Kier molecular flexibility index (Phi) is 8.89. The second-order valence-corrected chi connectivity index (χ2v) is 19.7. The summed E-state index contributed by atoms with van der Waals surface area (Å²) in [7, 11) is 0. The van der Waals surface area contributed by atoms with Crippen molar-refractivity contribution in [1.82, 2.24) is 9.13 Å². The molecule has 4 nitrogen and oxygen atoms in total. The number of hydrogen-bond acceptors (Lipinski definition) is 2. The lowest BCUT2D eigenvalue weighted by molar-refractivity contribution is 0.769. The lowest BCUT2D eigenvalue weighted by Crippen LogP contribution is -2.28. The summed E-state index contributed by atoms with van der Waals surface area (Å²) in [5.41, 5.74) is 19.3. The summed E-state index contributed by atoms with van der Waals surface area (Å²) in [6.07, 6.45) is 0. The van der Waals surface area contributed by atoms with Gasteiger partial charge in [0.25, 0.3) is 0 Å². The zero-order chi connectivity index (χ0) is 49.1. The lowest BCUT2D eigenvalue weighted by Gasteiger charge is -2.34. The molecule has 0 N–H and O–H groups in total. The van der Waals surface area contributed by atoms with Crippen LogP contribution in [0.3, 0.4) is 0 Å². The molecule has 2 aliphatic rings. The molecule has 0 spiro atoms. The van der Waals surface area contributed by atoms with Crippen molar-refractivity contribution in [3.63, 3.8) is 0 Å². The Labute approximate surface area is 428 Å². The topological polar surface area (TPSA) is 57.4 Å². The van der Waals surface area contributed by atoms with Crippen LogP contribution in [0, 0.1) is 22.7 Å². The van der Waals surface area contributed by atoms with Gasteiger partial charge in [-0.15, -0.1) is 0 Å². The van der Waals surface area contributed by atoms with Gasteiger partial charge >= 0.3 is 0 Å². The standard InChI is InChI=1S/C70H42N4/c71-43-45-38-66(74-64-36-20-16-32-54(64)58-40-62-56(42-68(58)74)52-30-14-18-34-60(52)70(62,49-25-9-3-10-26-49)50-27-11-4-12-28-50)46(44-72)37-65(45)73-63-35-19-15-31-53(63)57-39-61-55(41-67(57)73)51-29-13-17-33-59(51)69(61,47-21-5-1-6-22-47)48-23-7-2-8-24-48/h1-42H. The van der Waals surface area contributed by atoms with E-state index in [1.807, 2.05) is 12.1 Å². The van der Waals surface area contributed by atoms with E-state index in [1.165, 1.54) is 55.6 Å². The van der Waals surface area contributed by atoms with Gasteiger partial charge in [0.15, 0.2) is 0 Å². The van der Waals surface area contributed by atoms with E-state index in [9.17, 15) is 10.5 Å². The van der Waals surface area contributed by atoms with Gasteiger partial charge in [-0.2, -0.15) is 10.5 Å². The maximum atomic E-state index is 11.4. The first kappa shape index (κ1) is 41.8. The highest BCUT2D eigenvalue weighted by atomic mass is 15.0. The Bertz CT molecular complexity index is 4180. The molecule has 0 bridgehead atoms. The van der Waals surface area contributed by atoms with Gasteiger partial charge in [-0.1, -0.05) is 206 Å². The molecule has 4 heteroatoms. The summed E-state index contributed by atoms with van der Waals surface area (Å²) in [4.78, 5) is 0. The van der Waals surface area contributed by atoms with Gasteiger partial charge in [-0.25, -0.2) is 0 Å². The molecule has 2 aromatic heterocycles. The molecule has 74 heavy (non-hydrogen) atoms. The van der Waals surface area contributed by atoms with Gasteiger partial charge in [-0.05, 0) is 115 Å². The van der Waals surface area contributed by atoms with Crippen LogP contribution in [0.5, 0.6) is 0 Å². The molecule has 0 atom stereocenters. The molecular weight excluding hydrogens is 897 g/mol. The lowest BCUT2D eigenvalue weighted by atomic mass is 9.67. The third-order valence-corrected chi connectivity index (χ3v) is 16.3. The van der Waals surface area contributed by atoms with Gasteiger partial charge in [0, 0.05) is 21.5 Å². The summed E-state index contributed by atoms with van der Waals surface area (Å²) >= 11 is 0. The van der Waals surface area contributed by atoms with Crippen LogP contribution < -0.4 is 0 Å². The number of nitriles is 2. The monoisotopic (exact) mass is 938 g/mol. The second-order valence-electron chi connectivity index (χ2n) is 19.7. The summed E-state index contributed by atoms with van der Waals surface area (Å²) in [6, 6.07) is 96.6. The first-order chi connectivity index (χ1) is 36.6. The van der Waals surface area contributed by atoms with E-state index in [1.54, 1.807) is 0 Å². The van der Waals surface area contributed by atoms with E-state index in [4.69, 9.17) is 0 Å². The molecule has 0 amide bonds. The van der Waals surface area contributed by atoms with Gasteiger partial charge in [0.2, 0.25) is 0 Å². The highest BCUT2D eigenvalue weighted by Gasteiger charge is 2.48. The third kappa shape index (κ3) is 5.44. The van der Waals surface area contributed by atoms with Crippen LogP contribution in [0.4, 0.5) is 0 Å². The number of fused-ring (bicyclic) bond motifs is 12. The van der Waals surface area contributed by atoms with Gasteiger partial charge in [0.1, 0.15) is 12.1 Å².